The Labute approximate surface area is 230 Å². The number of aromatic nitrogens is 2. The van der Waals surface area contributed by atoms with Gasteiger partial charge in [0.25, 0.3) is 0 Å². The number of carbonyl (C=O) groups excluding carboxylic acids is 2. The lowest BCUT2D eigenvalue weighted by molar-refractivity contribution is -0.150. The highest BCUT2D eigenvalue weighted by Crippen LogP contribution is 2.29. The maximum atomic E-state index is 12.8. The van der Waals surface area contributed by atoms with E-state index in [0.717, 1.165) is 12.1 Å². The summed E-state index contributed by atoms with van der Waals surface area (Å²) in [5, 5.41) is 12.6. The van der Waals surface area contributed by atoms with Crippen LogP contribution in [0, 0.1) is 0 Å². The average Bonchev–Trinajstić information content (AvgIpc) is 3.40. The van der Waals surface area contributed by atoms with Crippen LogP contribution in [-0.4, -0.2) is 45.1 Å². The van der Waals surface area contributed by atoms with E-state index >= 15 is 0 Å². The molecule has 0 saturated heterocycles. The third-order valence-corrected chi connectivity index (χ3v) is 5.82. The minimum Gasteiger partial charge on any atom is -0.463 e. The summed E-state index contributed by atoms with van der Waals surface area (Å²) in [5.74, 6) is -1.15. The Morgan fingerprint density at radius 1 is 1.00 bits per heavy atom. The van der Waals surface area contributed by atoms with Crippen molar-refractivity contribution in [2.75, 3.05) is 12.3 Å². The van der Waals surface area contributed by atoms with Gasteiger partial charge in [0.1, 0.15) is 30.0 Å². The first-order valence-electron chi connectivity index (χ1n) is 12.1. The SMILES string of the molecule is Nc1ccn(C2C=CC(COC(=O)CCC(=O)Oc3ccc(/C(=N/O)c4ccc(C(F)(F)F)cc4)cc3)O2)c(=O)n1. The first kappa shape index (κ1) is 29.0. The van der Waals surface area contributed by atoms with Gasteiger partial charge in [-0.3, -0.25) is 14.2 Å². The van der Waals surface area contributed by atoms with Gasteiger partial charge in [0.15, 0.2) is 6.23 Å². The monoisotopic (exact) mass is 572 g/mol. The molecular formula is C27H23F3N4O7. The molecule has 3 aromatic rings. The first-order valence-corrected chi connectivity index (χ1v) is 12.1. The Balaban J connectivity index is 1.21. The van der Waals surface area contributed by atoms with Crippen molar-refractivity contribution < 1.29 is 42.2 Å². The van der Waals surface area contributed by atoms with Crippen LogP contribution >= 0.6 is 0 Å². The van der Waals surface area contributed by atoms with Gasteiger partial charge in [0.2, 0.25) is 0 Å². The summed E-state index contributed by atoms with van der Waals surface area (Å²) < 4.78 is 55.6. The van der Waals surface area contributed by atoms with Gasteiger partial charge < -0.3 is 25.2 Å². The molecule has 0 fully saturated rings. The summed E-state index contributed by atoms with van der Waals surface area (Å²) in [4.78, 5) is 39.8. The highest BCUT2D eigenvalue weighted by Gasteiger charge is 2.30. The number of hydrogen-bond donors (Lipinski definition) is 2. The van der Waals surface area contributed by atoms with Gasteiger partial charge in [-0.1, -0.05) is 23.4 Å². The predicted octanol–water partition coefficient (Wildman–Crippen LogP) is 3.45. The topological polar surface area (TPSA) is 155 Å². The van der Waals surface area contributed by atoms with Gasteiger partial charge in [-0.15, -0.1) is 0 Å². The molecule has 0 aliphatic carbocycles. The van der Waals surface area contributed by atoms with E-state index in [1.165, 1.54) is 53.2 Å². The normalized spacial score (nSPS) is 16.9. The number of alkyl halides is 3. The maximum absolute atomic E-state index is 12.8. The lowest BCUT2D eigenvalue weighted by Gasteiger charge is -2.16. The highest BCUT2D eigenvalue weighted by molar-refractivity contribution is 6.12. The van der Waals surface area contributed by atoms with Crippen LogP contribution in [0.2, 0.25) is 0 Å². The number of anilines is 1. The van der Waals surface area contributed by atoms with Crippen molar-refractivity contribution in [1.82, 2.24) is 9.55 Å². The van der Waals surface area contributed by atoms with Crippen LogP contribution in [0.4, 0.5) is 19.0 Å². The molecule has 14 heteroatoms. The third kappa shape index (κ3) is 7.57. The van der Waals surface area contributed by atoms with Crippen molar-refractivity contribution in [3.8, 4) is 5.75 Å². The molecule has 1 aliphatic heterocycles. The fourth-order valence-corrected chi connectivity index (χ4v) is 3.78. The maximum Gasteiger partial charge on any atom is 0.416 e. The van der Waals surface area contributed by atoms with E-state index in [1.54, 1.807) is 12.2 Å². The Hall–Kier alpha value is -4.98. The molecule has 3 N–H and O–H groups in total. The molecule has 2 unspecified atom stereocenters. The Morgan fingerprint density at radius 3 is 2.24 bits per heavy atom. The van der Waals surface area contributed by atoms with Crippen molar-refractivity contribution in [3.05, 3.63) is 100 Å². The van der Waals surface area contributed by atoms with Crippen molar-refractivity contribution in [2.24, 2.45) is 5.16 Å². The average molecular weight is 572 g/mol. The molecule has 2 atom stereocenters. The summed E-state index contributed by atoms with van der Waals surface area (Å²) in [7, 11) is 0. The van der Waals surface area contributed by atoms with Crippen LogP contribution in [-0.2, 0) is 25.2 Å². The van der Waals surface area contributed by atoms with Crippen molar-refractivity contribution in [3.63, 3.8) is 0 Å². The molecule has 0 spiro atoms. The van der Waals surface area contributed by atoms with E-state index in [0.29, 0.717) is 5.56 Å². The number of benzene rings is 2. The van der Waals surface area contributed by atoms with Gasteiger partial charge in [-0.2, -0.15) is 18.2 Å². The fourth-order valence-electron chi connectivity index (χ4n) is 3.78. The van der Waals surface area contributed by atoms with E-state index in [2.05, 4.69) is 10.1 Å². The van der Waals surface area contributed by atoms with Gasteiger partial charge >= 0.3 is 23.8 Å². The molecular weight excluding hydrogens is 549 g/mol. The van der Waals surface area contributed by atoms with Gasteiger partial charge in [-0.25, -0.2) is 4.79 Å². The Bertz CT molecular complexity index is 1520. The molecule has 0 saturated carbocycles. The number of oxime groups is 1. The minimum atomic E-state index is -4.50. The fraction of sp³-hybridized carbons (Fsp3) is 0.222. The van der Waals surface area contributed by atoms with Crippen molar-refractivity contribution in [2.45, 2.75) is 31.3 Å². The second-order valence-electron chi connectivity index (χ2n) is 8.70. The first-order chi connectivity index (χ1) is 19.5. The van der Waals surface area contributed by atoms with Crippen LogP contribution in [0.1, 0.15) is 35.8 Å². The molecule has 2 heterocycles. The molecule has 1 aliphatic rings. The van der Waals surface area contributed by atoms with Crippen LogP contribution < -0.4 is 16.2 Å². The zero-order valence-corrected chi connectivity index (χ0v) is 21.2. The summed E-state index contributed by atoms with van der Waals surface area (Å²) >= 11 is 0. The van der Waals surface area contributed by atoms with Crippen molar-refractivity contribution in [1.29, 1.82) is 0 Å². The molecule has 0 amide bonds. The van der Waals surface area contributed by atoms with Gasteiger partial charge in [0.05, 0.1) is 18.4 Å². The lowest BCUT2D eigenvalue weighted by atomic mass is 10.0. The third-order valence-electron chi connectivity index (χ3n) is 5.82. The van der Waals surface area contributed by atoms with Crippen LogP contribution in [0.15, 0.2) is 82.9 Å². The van der Waals surface area contributed by atoms with E-state index < -0.39 is 41.7 Å². The predicted molar refractivity (Wildman–Crippen MR) is 137 cm³/mol. The second kappa shape index (κ2) is 12.5. The number of hydrogen-bond acceptors (Lipinski definition) is 10. The number of nitrogen functional groups attached to an aromatic ring is 1. The summed E-state index contributed by atoms with van der Waals surface area (Å²) in [5.41, 5.74) is 4.66. The Kier molecular flexibility index (Phi) is 8.82. The molecule has 0 bridgehead atoms. The molecule has 0 radical (unpaired) electrons. The summed E-state index contributed by atoms with van der Waals surface area (Å²) in [6, 6.07) is 11.3. The molecule has 1 aromatic heterocycles. The summed E-state index contributed by atoms with van der Waals surface area (Å²) in [6.07, 6.45) is -1.68. The lowest BCUT2D eigenvalue weighted by Crippen LogP contribution is -2.28. The van der Waals surface area contributed by atoms with Crippen LogP contribution in [0.3, 0.4) is 0 Å². The zero-order chi connectivity index (χ0) is 29.6. The molecule has 214 valence electrons. The van der Waals surface area contributed by atoms with Gasteiger partial charge in [0, 0.05) is 17.3 Å². The smallest absolute Gasteiger partial charge is 0.416 e. The second-order valence-corrected chi connectivity index (χ2v) is 8.70. The number of nitrogens with zero attached hydrogens (tertiary/aromatic N) is 3. The number of carbonyl (C=O) groups is 2. The number of esters is 2. The standard InChI is InChI=1S/C27H23F3N4O7/c28-27(29,30)18-5-1-16(2-6-18)25(33-38)17-3-7-19(8-4-17)41-24(36)12-11-23(35)39-15-20-9-10-22(40-20)34-14-13-21(31)32-26(34)37/h1-10,13-14,20,22,38H,11-12,15H2,(H2,31,32,37)/b33-25+. The zero-order valence-electron chi connectivity index (χ0n) is 21.2. The number of rotatable bonds is 9. The largest absolute Gasteiger partial charge is 0.463 e. The molecule has 11 nitrogen and oxygen atoms in total. The molecule has 41 heavy (non-hydrogen) atoms. The Morgan fingerprint density at radius 2 is 1.63 bits per heavy atom. The van der Waals surface area contributed by atoms with Crippen LogP contribution in [0.25, 0.3) is 0 Å². The van der Waals surface area contributed by atoms with Gasteiger partial charge in [-0.05, 0) is 48.5 Å². The quantitative estimate of drug-likeness (QED) is 0.0979. The van der Waals surface area contributed by atoms with E-state index in [1.807, 2.05) is 0 Å². The minimum absolute atomic E-state index is 0.0175. The van der Waals surface area contributed by atoms with E-state index in [9.17, 15) is 32.8 Å². The highest BCUT2D eigenvalue weighted by atomic mass is 19.4. The molecule has 4 rings (SSSR count). The van der Waals surface area contributed by atoms with E-state index in [4.69, 9.17) is 19.9 Å². The summed E-state index contributed by atoms with van der Waals surface area (Å²) in [6.45, 7) is -0.132. The number of halogens is 3. The van der Waals surface area contributed by atoms with Crippen molar-refractivity contribution >= 4 is 23.5 Å². The van der Waals surface area contributed by atoms with Crippen LogP contribution in [0.5, 0.6) is 5.75 Å². The molecule has 2 aromatic carbocycles. The number of ether oxygens (including phenoxy) is 3. The van der Waals surface area contributed by atoms with E-state index in [-0.39, 0.29) is 42.3 Å². The number of nitrogens with two attached hydrogens (primary N) is 1.